The van der Waals surface area contributed by atoms with Crippen molar-refractivity contribution >= 4 is 22.9 Å². The zero-order chi connectivity index (χ0) is 16.7. The van der Waals surface area contributed by atoms with Crippen molar-refractivity contribution < 1.29 is 4.79 Å². The zero-order valence-electron chi connectivity index (χ0n) is 13.3. The first-order chi connectivity index (χ1) is 11.6. The van der Waals surface area contributed by atoms with Gasteiger partial charge in [-0.3, -0.25) is 9.69 Å². The van der Waals surface area contributed by atoms with Crippen LogP contribution in [0.25, 0.3) is 5.65 Å². The number of aromatic nitrogens is 4. The largest absolute Gasteiger partial charge is 0.365 e. The van der Waals surface area contributed by atoms with Gasteiger partial charge in [-0.25, -0.2) is 14.5 Å². The number of hydrogen-bond donors (Lipinski definition) is 1. The van der Waals surface area contributed by atoms with Gasteiger partial charge in [-0.2, -0.15) is 5.10 Å². The van der Waals surface area contributed by atoms with Crippen molar-refractivity contribution in [3.05, 3.63) is 45.8 Å². The molecule has 1 aliphatic rings. The maximum Gasteiger partial charge on any atom is 0.254 e. The lowest BCUT2D eigenvalue weighted by molar-refractivity contribution is 0.100. The molecule has 124 valence electrons. The summed E-state index contributed by atoms with van der Waals surface area (Å²) < 4.78 is 1.75. The molecule has 1 amide bonds. The summed E-state index contributed by atoms with van der Waals surface area (Å²) in [6.45, 7) is 3.97. The Morgan fingerprint density at radius 3 is 3.08 bits per heavy atom. The number of hydrogen-bond acceptors (Lipinski definition) is 6. The van der Waals surface area contributed by atoms with Gasteiger partial charge >= 0.3 is 0 Å². The molecule has 1 fully saturated rings. The van der Waals surface area contributed by atoms with Gasteiger partial charge in [0.2, 0.25) is 0 Å². The SMILES string of the molecule is Cc1ncsc1CN1CCCC1c1ccnc2c(C(N)=O)cnn12. The summed E-state index contributed by atoms with van der Waals surface area (Å²) in [6, 6.07) is 2.23. The number of primary amides is 1. The van der Waals surface area contributed by atoms with Crippen LogP contribution in [0, 0.1) is 6.92 Å². The highest BCUT2D eigenvalue weighted by Gasteiger charge is 2.29. The van der Waals surface area contributed by atoms with Crippen molar-refractivity contribution in [2.75, 3.05) is 6.54 Å². The Morgan fingerprint density at radius 2 is 2.33 bits per heavy atom. The first kappa shape index (κ1) is 15.2. The normalized spacial score (nSPS) is 18.5. The summed E-state index contributed by atoms with van der Waals surface area (Å²) >= 11 is 1.70. The fourth-order valence-electron chi connectivity index (χ4n) is 3.35. The van der Waals surface area contributed by atoms with E-state index in [1.165, 1.54) is 11.1 Å². The molecule has 1 atom stereocenters. The topological polar surface area (TPSA) is 89.4 Å². The standard InChI is InChI=1S/C16H18N6OS/c1-10-14(24-9-19-10)8-21-6-2-3-12(21)13-4-5-18-16-11(15(17)23)7-20-22(13)16/h4-5,7,9,12H,2-3,6,8H2,1H3,(H2,17,23). The molecular weight excluding hydrogens is 324 g/mol. The van der Waals surface area contributed by atoms with Crippen LogP contribution in [0.4, 0.5) is 0 Å². The molecule has 24 heavy (non-hydrogen) atoms. The minimum absolute atomic E-state index is 0.248. The number of rotatable bonds is 4. The van der Waals surface area contributed by atoms with Gasteiger partial charge in [-0.15, -0.1) is 11.3 Å². The summed E-state index contributed by atoms with van der Waals surface area (Å²) in [5.74, 6) is -0.502. The summed E-state index contributed by atoms with van der Waals surface area (Å²) in [6.07, 6.45) is 5.42. The Hall–Kier alpha value is -2.32. The van der Waals surface area contributed by atoms with E-state index in [2.05, 4.69) is 20.0 Å². The number of likely N-dealkylation sites (tertiary alicyclic amines) is 1. The molecule has 0 aliphatic carbocycles. The molecule has 7 nitrogen and oxygen atoms in total. The van der Waals surface area contributed by atoms with E-state index < -0.39 is 5.91 Å². The van der Waals surface area contributed by atoms with Gasteiger partial charge in [-0.05, 0) is 32.4 Å². The first-order valence-electron chi connectivity index (χ1n) is 7.90. The summed E-state index contributed by atoms with van der Waals surface area (Å²) in [7, 11) is 0. The smallest absolute Gasteiger partial charge is 0.254 e. The van der Waals surface area contributed by atoms with Crippen molar-refractivity contribution in [2.24, 2.45) is 5.73 Å². The van der Waals surface area contributed by atoms with E-state index in [0.717, 1.165) is 37.3 Å². The van der Waals surface area contributed by atoms with Crippen molar-refractivity contribution in [3.8, 4) is 0 Å². The fraction of sp³-hybridized carbons (Fsp3) is 0.375. The van der Waals surface area contributed by atoms with Crippen LogP contribution in [-0.2, 0) is 6.54 Å². The number of amides is 1. The molecule has 0 saturated carbocycles. The Balaban J connectivity index is 1.71. The summed E-state index contributed by atoms with van der Waals surface area (Å²) in [4.78, 5) is 23.9. The van der Waals surface area contributed by atoms with Gasteiger partial charge in [0, 0.05) is 17.6 Å². The summed E-state index contributed by atoms with van der Waals surface area (Å²) in [5, 5.41) is 4.35. The molecule has 0 aromatic carbocycles. The predicted molar refractivity (Wildman–Crippen MR) is 90.7 cm³/mol. The third kappa shape index (κ3) is 2.47. The highest BCUT2D eigenvalue weighted by Crippen LogP contribution is 2.34. The summed E-state index contributed by atoms with van der Waals surface area (Å²) in [5.41, 5.74) is 10.3. The van der Waals surface area contributed by atoms with Gasteiger partial charge in [0.15, 0.2) is 5.65 Å². The lowest BCUT2D eigenvalue weighted by atomic mass is 10.1. The highest BCUT2D eigenvalue weighted by molar-refractivity contribution is 7.09. The van der Waals surface area contributed by atoms with Gasteiger partial charge < -0.3 is 5.73 Å². The van der Waals surface area contributed by atoms with Crippen molar-refractivity contribution in [1.29, 1.82) is 0 Å². The Labute approximate surface area is 143 Å². The van der Waals surface area contributed by atoms with E-state index in [1.54, 1.807) is 22.0 Å². The minimum atomic E-state index is -0.502. The van der Waals surface area contributed by atoms with E-state index in [4.69, 9.17) is 5.73 Å². The van der Waals surface area contributed by atoms with Crippen LogP contribution in [0.15, 0.2) is 24.0 Å². The molecule has 3 aromatic heterocycles. The number of carbonyl (C=O) groups excluding carboxylic acids is 1. The number of aryl methyl sites for hydroxylation is 1. The molecule has 4 heterocycles. The van der Waals surface area contributed by atoms with E-state index >= 15 is 0 Å². The molecule has 8 heteroatoms. The molecular formula is C16H18N6OS. The second-order valence-electron chi connectivity index (χ2n) is 6.02. The molecule has 3 aromatic rings. The number of fused-ring (bicyclic) bond motifs is 1. The number of thiazole rings is 1. The predicted octanol–water partition coefficient (Wildman–Crippen LogP) is 1.93. The van der Waals surface area contributed by atoms with Crippen LogP contribution in [0.2, 0.25) is 0 Å². The fourth-order valence-corrected chi connectivity index (χ4v) is 4.15. The molecule has 0 radical (unpaired) electrons. The van der Waals surface area contributed by atoms with E-state index in [-0.39, 0.29) is 6.04 Å². The number of carbonyl (C=O) groups is 1. The number of nitrogens with two attached hydrogens (primary N) is 1. The van der Waals surface area contributed by atoms with Crippen LogP contribution in [-0.4, -0.2) is 36.9 Å². The van der Waals surface area contributed by atoms with Gasteiger partial charge in [-0.1, -0.05) is 0 Å². The lowest BCUT2D eigenvalue weighted by Crippen LogP contribution is -2.24. The van der Waals surface area contributed by atoms with Crippen LogP contribution in [0.3, 0.4) is 0 Å². The monoisotopic (exact) mass is 342 g/mol. The molecule has 1 saturated heterocycles. The van der Waals surface area contributed by atoms with Crippen molar-refractivity contribution in [3.63, 3.8) is 0 Å². The van der Waals surface area contributed by atoms with Crippen LogP contribution in [0.1, 0.15) is 45.5 Å². The maximum atomic E-state index is 11.5. The van der Waals surface area contributed by atoms with E-state index in [9.17, 15) is 4.79 Å². The number of nitrogens with zero attached hydrogens (tertiary/aromatic N) is 5. The first-order valence-corrected chi connectivity index (χ1v) is 8.78. The van der Waals surface area contributed by atoms with Gasteiger partial charge in [0.1, 0.15) is 5.56 Å². The van der Waals surface area contributed by atoms with Crippen molar-refractivity contribution in [2.45, 2.75) is 32.4 Å². The molecule has 2 N–H and O–H groups in total. The highest BCUT2D eigenvalue weighted by atomic mass is 32.1. The quantitative estimate of drug-likeness (QED) is 0.782. The molecule has 1 unspecified atom stereocenters. The third-order valence-corrected chi connectivity index (χ3v) is 5.51. The average molecular weight is 342 g/mol. The Bertz CT molecular complexity index is 901. The third-order valence-electron chi connectivity index (χ3n) is 4.59. The second kappa shape index (κ2) is 5.95. The van der Waals surface area contributed by atoms with Gasteiger partial charge in [0.05, 0.1) is 29.1 Å². The Morgan fingerprint density at radius 1 is 1.46 bits per heavy atom. The van der Waals surface area contributed by atoms with Gasteiger partial charge in [0.25, 0.3) is 5.91 Å². The second-order valence-corrected chi connectivity index (χ2v) is 6.96. The molecule has 4 rings (SSSR count). The maximum absolute atomic E-state index is 11.5. The van der Waals surface area contributed by atoms with E-state index in [1.807, 2.05) is 18.5 Å². The molecule has 0 bridgehead atoms. The van der Waals surface area contributed by atoms with E-state index in [0.29, 0.717) is 11.2 Å². The van der Waals surface area contributed by atoms with Crippen molar-refractivity contribution in [1.82, 2.24) is 24.5 Å². The van der Waals surface area contributed by atoms with Crippen LogP contribution in [0.5, 0.6) is 0 Å². The lowest BCUT2D eigenvalue weighted by Gasteiger charge is -2.24. The average Bonchev–Trinajstić information content (AvgIpc) is 3.27. The zero-order valence-corrected chi connectivity index (χ0v) is 14.2. The minimum Gasteiger partial charge on any atom is -0.365 e. The van der Waals surface area contributed by atoms with Crippen LogP contribution < -0.4 is 5.73 Å². The van der Waals surface area contributed by atoms with Crippen LogP contribution >= 0.6 is 11.3 Å². The molecule has 1 aliphatic heterocycles. The Kier molecular flexibility index (Phi) is 3.78. The molecule has 0 spiro atoms.